The highest BCUT2D eigenvalue weighted by atomic mass is 32.1. The largest absolute Gasteiger partial charge is 0.442 e. The van der Waals surface area contributed by atoms with Gasteiger partial charge in [0.15, 0.2) is 0 Å². The van der Waals surface area contributed by atoms with Gasteiger partial charge in [-0.3, -0.25) is 4.79 Å². The first-order valence-electron chi connectivity index (χ1n) is 5.89. The molecule has 0 bridgehead atoms. The topological polar surface area (TPSA) is 49.9 Å². The highest BCUT2D eigenvalue weighted by molar-refractivity contribution is 7.80. The fraction of sp³-hybridized carbons (Fsp3) is 0.462. The smallest absolute Gasteiger partial charge is 0.429 e. The maximum Gasteiger partial charge on any atom is 0.429 e. The van der Waals surface area contributed by atoms with Gasteiger partial charge in [-0.15, -0.1) is 6.58 Å². The molecule has 0 fully saturated rings. The van der Waals surface area contributed by atoms with Gasteiger partial charge in [-0.25, -0.2) is 14.8 Å². The van der Waals surface area contributed by atoms with E-state index in [1.54, 1.807) is 26.8 Å². The summed E-state index contributed by atoms with van der Waals surface area (Å²) in [5.74, 6) is -0.264. The summed E-state index contributed by atoms with van der Waals surface area (Å²) < 4.78 is 5.26. The van der Waals surface area contributed by atoms with Gasteiger partial charge in [-0.1, -0.05) is 18.3 Å². The summed E-state index contributed by atoms with van der Waals surface area (Å²) in [6, 6.07) is 0. The van der Waals surface area contributed by atoms with E-state index in [-0.39, 0.29) is 18.9 Å². The average Bonchev–Trinajstić information content (AvgIpc) is 2.24. The van der Waals surface area contributed by atoms with E-state index in [1.807, 2.05) is 0 Å². The van der Waals surface area contributed by atoms with Crippen molar-refractivity contribution < 1.29 is 14.3 Å². The summed E-state index contributed by atoms with van der Waals surface area (Å²) in [5, 5.41) is 2.41. The van der Waals surface area contributed by atoms with Crippen LogP contribution in [0.4, 0.5) is 4.79 Å². The number of carbonyl (C=O) groups is 2. The Bertz CT molecular complexity index is 438. The SMILES string of the molecule is C=CCN(C(=O)OC(C)(C)C)N1C=CC(=S)CC1=O. The lowest BCUT2D eigenvalue weighted by Crippen LogP contribution is -2.50. The third-order valence-electron chi connectivity index (χ3n) is 2.15. The number of rotatable bonds is 3. The van der Waals surface area contributed by atoms with Crippen LogP contribution in [0, 0.1) is 0 Å². The fourth-order valence-corrected chi connectivity index (χ4v) is 1.61. The second kappa shape index (κ2) is 5.97. The zero-order valence-electron chi connectivity index (χ0n) is 11.4. The summed E-state index contributed by atoms with van der Waals surface area (Å²) >= 11 is 4.95. The van der Waals surface area contributed by atoms with E-state index in [4.69, 9.17) is 17.0 Å². The first-order chi connectivity index (χ1) is 8.74. The van der Waals surface area contributed by atoms with Gasteiger partial charge in [-0.05, 0) is 26.8 Å². The van der Waals surface area contributed by atoms with Gasteiger partial charge in [0.2, 0.25) is 0 Å². The van der Waals surface area contributed by atoms with Crippen LogP contribution in [0.3, 0.4) is 0 Å². The molecule has 5 nitrogen and oxygen atoms in total. The Morgan fingerprint density at radius 2 is 2.26 bits per heavy atom. The monoisotopic (exact) mass is 282 g/mol. The Labute approximate surface area is 118 Å². The quantitative estimate of drug-likeness (QED) is 0.589. The van der Waals surface area contributed by atoms with Crippen LogP contribution < -0.4 is 0 Å². The Kier molecular flexibility index (Phi) is 4.83. The third kappa shape index (κ3) is 4.48. The van der Waals surface area contributed by atoms with Gasteiger partial charge < -0.3 is 4.74 Å². The lowest BCUT2D eigenvalue weighted by Gasteiger charge is -2.34. The van der Waals surface area contributed by atoms with Gasteiger partial charge >= 0.3 is 6.09 Å². The Balaban J connectivity index is 2.91. The summed E-state index contributed by atoms with van der Waals surface area (Å²) in [6.07, 6.45) is 4.14. The predicted molar refractivity (Wildman–Crippen MR) is 76.3 cm³/mol. The molecule has 0 radical (unpaired) electrons. The van der Waals surface area contributed by atoms with Gasteiger partial charge in [0.1, 0.15) is 5.60 Å². The Morgan fingerprint density at radius 3 is 2.74 bits per heavy atom. The van der Waals surface area contributed by atoms with Crippen LogP contribution in [0.2, 0.25) is 0 Å². The number of hydrazine groups is 1. The normalized spacial score (nSPS) is 15.4. The number of thiocarbonyl (C=S) groups is 1. The van der Waals surface area contributed by atoms with Gasteiger partial charge in [0, 0.05) is 11.1 Å². The highest BCUT2D eigenvalue weighted by Gasteiger charge is 2.29. The Hall–Kier alpha value is -1.69. The van der Waals surface area contributed by atoms with Crippen molar-refractivity contribution in [1.29, 1.82) is 0 Å². The zero-order chi connectivity index (χ0) is 14.6. The number of hydrogen-bond donors (Lipinski definition) is 0. The summed E-state index contributed by atoms with van der Waals surface area (Å²) in [7, 11) is 0. The summed E-state index contributed by atoms with van der Waals surface area (Å²) in [6.45, 7) is 9.05. The van der Waals surface area contributed by atoms with Crippen molar-refractivity contribution in [2.45, 2.75) is 32.8 Å². The molecule has 1 rings (SSSR count). The molecule has 6 heteroatoms. The zero-order valence-corrected chi connectivity index (χ0v) is 12.2. The first kappa shape index (κ1) is 15.4. The number of hydrogen-bond acceptors (Lipinski definition) is 4. The molecule has 0 N–H and O–H groups in total. The van der Waals surface area contributed by atoms with Crippen molar-refractivity contribution in [2.75, 3.05) is 6.54 Å². The van der Waals surface area contributed by atoms with E-state index >= 15 is 0 Å². The molecule has 0 spiro atoms. The predicted octanol–water partition coefficient (Wildman–Crippen LogP) is 2.44. The summed E-state index contributed by atoms with van der Waals surface area (Å²) in [5.41, 5.74) is -0.631. The van der Waals surface area contributed by atoms with Crippen LogP contribution >= 0.6 is 12.2 Å². The molecule has 0 aromatic heterocycles. The first-order valence-corrected chi connectivity index (χ1v) is 6.30. The van der Waals surface area contributed by atoms with Crippen LogP contribution in [-0.4, -0.2) is 39.0 Å². The van der Waals surface area contributed by atoms with Crippen molar-refractivity contribution in [3.8, 4) is 0 Å². The van der Waals surface area contributed by atoms with E-state index < -0.39 is 11.7 Å². The Morgan fingerprint density at radius 1 is 1.63 bits per heavy atom. The lowest BCUT2D eigenvalue weighted by molar-refractivity contribution is -0.140. The molecular formula is C13H18N2O3S. The second-order valence-electron chi connectivity index (χ2n) is 5.05. The van der Waals surface area contributed by atoms with Crippen molar-refractivity contribution in [2.24, 2.45) is 0 Å². The maximum atomic E-state index is 12.1. The molecule has 0 aromatic carbocycles. The van der Waals surface area contributed by atoms with Crippen molar-refractivity contribution in [1.82, 2.24) is 10.0 Å². The average molecular weight is 282 g/mol. The number of allylic oxidation sites excluding steroid dienone is 1. The molecule has 0 aromatic rings. The van der Waals surface area contributed by atoms with Crippen LogP contribution in [0.1, 0.15) is 27.2 Å². The molecule has 19 heavy (non-hydrogen) atoms. The standard InChI is InChI=1S/C13H18N2O3S/c1-5-7-15(12(17)18-13(2,3)4)14-8-6-10(19)9-11(14)16/h5-6,8H,1,7,9H2,2-4H3. The van der Waals surface area contributed by atoms with Crippen LogP contribution in [0.5, 0.6) is 0 Å². The minimum atomic E-state index is -0.631. The molecule has 0 saturated heterocycles. The molecule has 2 amide bonds. The number of carbonyl (C=O) groups excluding carboxylic acids is 2. The van der Waals surface area contributed by atoms with Gasteiger partial charge in [0.25, 0.3) is 5.91 Å². The molecular weight excluding hydrogens is 264 g/mol. The minimum absolute atomic E-state index is 0.113. The molecule has 0 saturated carbocycles. The highest BCUT2D eigenvalue weighted by Crippen LogP contribution is 2.15. The second-order valence-corrected chi connectivity index (χ2v) is 5.57. The van der Waals surface area contributed by atoms with Crippen molar-refractivity contribution in [3.05, 3.63) is 24.9 Å². The van der Waals surface area contributed by atoms with E-state index in [0.29, 0.717) is 4.86 Å². The molecule has 1 aliphatic heterocycles. The maximum absolute atomic E-state index is 12.1. The van der Waals surface area contributed by atoms with E-state index in [2.05, 4.69) is 6.58 Å². The number of amides is 2. The molecule has 0 unspecified atom stereocenters. The molecule has 0 aliphatic carbocycles. The van der Waals surface area contributed by atoms with Crippen LogP contribution in [0.25, 0.3) is 0 Å². The minimum Gasteiger partial charge on any atom is -0.442 e. The van der Waals surface area contributed by atoms with E-state index in [9.17, 15) is 9.59 Å². The number of nitrogens with zero attached hydrogens (tertiary/aromatic N) is 2. The van der Waals surface area contributed by atoms with E-state index in [1.165, 1.54) is 22.3 Å². The van der Waals surface area contributed by atoms with E-state index in [0.717, 1.165) is 0 Å². The number of ether oxygens (including phenoxy) is 1. The fourth-order valence-electron chi connectivity index (χ4n) is 1.43. The van der Waals surface area contributed by atoms with Gasteiger partial charge in [0.05, 0.1) is 13.0 Å². The van der Waals surface area contributed by atoms with Crippen LogP contribution in [0.15, 0.2) is 24.9 Å². The van der Waals surface area contributed by atoms with Crippen molar-refractivity contribution in [3.63, 3.8) is 0 Å². The summed E-state index contributed by atoms with van der Waals surface area (Å²) in [4.78, 5) is 24.5. The van der Waals surface area contributed by atoms with Gasteiger partial charge in [-0.2, -0.15) is 0 Å². The molecule has 104 valence electrons. The molecule has 0 atom stereocenters. The third-order valence-corrected chi connectivity index (χ3v) is 2.43. The van der Waals surface area contributed by atoms with Crippen LogP contribution in [-0.2, 0) is 9.53 Å². The molecule has 1 aliphatic rings. The lowest BCUT2D eigenvalue weighted by atomic mass is 10.2. The van der Waals surface area contributed by atoms with Crippen molar-refractivity contribution >= 4 is 29.1 Å². The molecule has 1 heterocycles.